The molecule has 0 aliphatic heterocycles. The molecule has 0 spiro atoms. The van der Waals surface area contributed by atoms with Gasteiger partial charge < -0.3 is 19.5 Å². The number of carbonyl (C=O) groups excluding carboxylic acids is 2. The normalized spacial score (nSPS) is 10.6. The highest BCUT2D eigenvalue weighted by molar-refractivity contribution is 9.10. The molecule has 1 heterocycles. The maximum atomic E-state index is 12.8. The van der Waals surface area contributed by atoms with Crippen LogP contribution in [0.5, 0.6) is 11.5 Å². The minimum atomic E-state index is -0.521. The fourth-order valence-corrected chi connectivity index (χ4v) is 5.24. The smallest absolute Gasteiger partial charge is 0.341 e. The number of aryl methyl sites for hydroxylation is 2. The van der Waals surface area contributed by atoms with Crippen molar-refractivity contribution < 1.29 is 23.8 Å². The first-order valence-electron chi connectivity index (χ1n) is 9.96. The number of benzene rings is 2. The first kappa shape index (κ1) is 25.1. The molecule has 1 N–H and O–H groups in total. The third-order valence-corrected chi connectivity index (χ3v) is 7.01. The summed E-state index contributed by atoms with van der Waals surface area (Å²) in [5, 5.41) is 3.89. The van der Waals surface area contributed by atoms with Crippen LogP contribution in [0, 0.1) is 6.92 Å². The second kappa shape index (κ2) is 11.0. The van der Waals surface area contributed by atoms with E-state index >= 15 is 0 Å². The SMILES string of the molecule is COC(=O)c1c(NC(=O)CCc2cc(OC)c(OC)cc2Br)sc(C)c1-c1cccc(Cl)c1. The predicted octanol–water partition coefficient (Wildman–Crippen LogP) is 6.51. The summed E-state index contributed by atoms with van der Waals surface area (Å²) in [5.41, 5.74) is 2.71. The van der Waals surface area contributed by atoms with Crippen LogP contribution in [0.4, 0.5) is 5.00 Å². The molecule has 0 aliphatic carbocycles. The van der Waals surface area contributed by atoms with E-state index in [1.54, 1.807) is 32.4 Å². The molecule has 0 radical (unpaired) electrons. The number of thiophene rings is 1. The number of methoxy groups -OCH3 is 3. The zero-order chi connectivity index (χ0) is 24.1. The van der Waals surface area contributed by atoms with Gasteiger partial charge in [-0.05, 0) is 48.7 Å². The minimum Gasteiger partial charge on any atom is -0.493 e. The summed E-state index contributed by atoms with van der Waals surface area (Å²) in [5.74, 6) is 0.444. The Morgan fingerprint density at radius 1 is 1.09 bits per heavy atom. The van der Waals surface area contributed by atoms with Gasteiger partial charge in [-0.15, -0.1) is 11.3 Å². The molecule has 33 heavy (non-hydrogen) atoms. The van der Waals surface area contributed by atoms with Crippen LogP contribution in [0.2, 0.25) is 5.02 Å². The van der Waals surface area contributed by atoms with Crippen LogP contribution in [0.3, 0.4) is 0 Å². The van der Waals surface area contributed by atoms with E-state index in [-0.39, 0.29) is 12.3 Å². The molecule has 0 saturated heterocycles. The third-order valence-electron chi connectivity index (χ3n) is 5.01. The third kappa shape index (κ3) is 5.69. The van der Waals surface area contributed by atoms with Gasteiger partial charge in [-0.25, -0.2) is 4.79 Å². The number of ether oxygens (including phenoxy) is 3. The molecule has 2 aromatic carbocycles. The Morgan fingerprint density at radius 2 is 1.79 bits per heavy atom. The highest BCUT2D eigenvalue weighted by Gasteiger charge is 2.25. The van der Waals surface area contributed by atoms with Crippen LogP contribution >= 0.6 is 38.9 Å². The van der Waals surface area contributed by atoms with Gasteiger partial charge >= 0.3 is 5.97 Å². The number of nitrogens with one attached hydrogen (secondary N) is 1. The zero-order valence-corrected chi connectivity index (χ0v) is 21.7. The van der Waals surface area contributed by atoms with Crippen LogP contribution in [-0.4, -0.2) is 33.2 Å². The zero-order valence-electron chi connectivity index (χ0n) is 18.6. The van der Waals surface area contributed by atoms with Gasteiger partial charge in [-0.2, -0.15) is 0 Å². The number of carbonyl (C=O) groups is 2. The molecule has 0 aliphatic rings. The summed E-state index contributed by atoms with van der Waals surface area (Å²) in [6.45, 7) is 1.89. The van der Waals surface area contributed by atoms with E-state index in [9.17, 15) is 9.59 Å². The van der Waals surface area contributed by atoms with Crippen LogP contribution < -0.4 is 14.8 Å². The van der Waals surface area contributed by atoms with Crippen LogP contribution in [0.1, 0.15) is 27.2 Å². The van der Waals surface area contributed by atoms with E-state index in [0.717, 1.165) is 20.5 Å². The highest BCUT2D eigenvalue weighted by atomic mass is 79.9. The van der Waals surface area contributed by atoms with Crippen molar-refractivity contribution in [2.24, 2.45) is 0 Å². The summed E-state index contributed by atoms with van der Waals surface area (Å²) >= 11 is 11.0. The number of anilines is 1. The summed E-state index contributed by atoms with van der Waals surface area (Å²) in [6.07, 6.45) is 0.671. The number of rotatable bonds is 8. The lowest BCUT2D eigenvalue weighted by molar-refractivity contribution is -0.116. The summed E-state index contributed by atoms with van der Waals surface area (Å²) < 4.78 is 16.5. The molecule has 0 atom stereocenters. The number of hydrogen-bond acceptors (Lipinski definition) is 6. The van der Waals surface area contributed by atoms with Gasteiger partial charge in [-0.3, -0.25) is 4.79 Å². The molecule has 0 fully saturated rings. The molecule has 9 heteroatoms. The van der Waals surface area contributed by atoms with E-state index in [0.29, 0.717) is 39.1 Å². The van der Waals surface area contributed by atoms with Crippen molar-refractivity contribution in [3.8, 4) is 22.6 Å². The Bertz CT molecular complexity index is 1190. The van der Waals surface area contributed by atoms with Gasteiger partial charge in [0, 0.05) is 26.4 Å². The van der Waals surface area contributed by atoms with Crippen molar-refractivity contribution in [1.82, 2.24) is 0 Å². The lowest BCUT2D eigenvalue weighted by atomic mass is 10.0. The minimum absolute atomic E-state index is 0.206. The van der Waals surface area contributed by atoms with Crippen molar-refractivity contribution in [3.05, 3.63) is 61.9 Å². The predicted molar refractivity (Wildman–Crippen MR) is 135 cm³/mol. The van der Waals surface area contributed by atoms with Crippen molar-refractivity contribution in [2.75, 3.05) is 26.6 Å². The molecule has 3 aromatic rings. The van der Waals surface area contributed by atoms with Gasteiger partial charge in [0.05, 0.1) is 21.3 Å². The standard InChI is InChI=1S/C24H23BrClNO5S/c1-13-21(15-6-5-7-16(26)10-15)22(24(29)32-4)23(33-13)27-20(28)9-8-14-11-18(30-2)19(31-3)12-17(14)25/h5-7,10-12H,8-9H2,1-4H3,(H,27,28). The monoisotopic (exact) mass is 551 g/mol. The second-order valence-corrected chi connectivity index (χ2v) is 9.60. The number of hydrogen-bond donors (Lipinski definition) is 1. The Labute approximate surface area is 209 Å². The van der Waals surface area contributed by atoms with Gasteiger partial charge in [0.1, 0.15) is 10.6 Å². The average molecular weight is 553 g/mol. The van der Waals surface area contributed by atoms with Gasteiger partial charge in [-0.1, -0.05) is 39.7 Å². The molecule has 0 unspecified atom stereocenters. The average Bonchev–Trinajstić information content (AvgIpc) is 3.12. The number of halogens is 2. The number of amides is 1. The van der Waals surface area contributed by atoms with Crippen LogP contribution in [0.25, 0.3) is 11.1 Å². The molecular weight excluding hydrogens is 530 g/mol. The second-order valence-electron chi connectivity index (χ2n) is 7.09. The van der Waals surface area contributed by atoms with Crippen molar-refractivity contribution in [3.63, 3.8) is 0 Å². The first-order valence-corrected chi connectivity index (χ1v) is 12.0. The molecule has 3 rings (SSSR count). The quantitative estimate of drug-likeness (QED) is 0.322. The fourth-order valence-electron chi connectivity index (χ4n) is 3.45. The molecule has 174 valence electrons. The molecule has 0 saturated carbocycles. The van der Waals surface area contributed by atoms with E-state index < -0.39 is 5.97 Å². The van der Waals surface area contributed by atoms with Gasteiger partial charge in [0.15, 0.2) is 11.5 Å². The molecule has 0 bridgehead atoms. The molecule has 1 aromatic heterocycles. The van der Waals surface area contributed by atoms with Crippen LogP contribution in [-0.2, 0) is 16.0 Å². The molecule has 6 nitrogen and oxygen atoms in total. The van der Waals surface area contributed by atoms with Crippen molar-refractivity contribution in [1.29, 1.82) is 0 Å². The van der Waals surface area contributed by atoms with E-state index in [2.05, 4.69) is 21.2 Å². The Hall–Kier alpha value is -2.55. The van der Waals surface area contributed by atoms with Gasteiger partial charge in [0.2, 0.25) is 5.91 Å². The highest BCUT2D eigenvalue weighted by Crippen LogP contribution is 2.41. The fraction of sp³-hybridized carbons (Fsp3) is 0.250. The Kier molecular flexibility index (Phi) is 8.40. The van der Waals surface area contributed by atoms with Crippen LogP contribution in [0.15, 0.2) is 40.9 Å². The first-order chi connectivity index (χ1) is 15.8. The maximum absolute atomic E-state index is 12.8. The summed E-state index contributed by atoms with van der Waals surface area (Å²) in [6, 6.07) is 10.9. The van der Waals surface area contributed by atoms with E-state index in [1.807, 2.05) is 25.1 Å². The maximum Gasteiger partial charge on any atom is 0.341 e. The summed E-state index contributed by atoms with van der Waals surface area (Å²) in [7, 11) is 4.45. The van der Waals surface area contributed by atoms with Crippen molar-refractivity contribution >= 4 is 55.7 Å². The van der Waals surface area contributed by atoms with E-state index in [4.69, 9.17) is 25.8 Å². The van der Waals surface area contributed by atoms with Crippen molar-refractivity contribution in [2.45, 2.75) is 19.8 Å². The van der Waals surface area contributed by atoms with E-state index in [1.165, 1.54) is 18.4 Å². The largest absolute Gasteiger partial charge is 0.493 e. The molecule has 1 amide bonds. The molecular formula is C24H23BrClNO5S. The topological polar surface area (TPSA) is 73.9 Å². The van der Waals surface area contributed by atoms with Gasteiger partial charge in [0.25, 0.3) is 0 Å². The lowest BCUT2D eigenvalue weighted by Crippen LogP contribution is -2.14. The summed E-state index contributed by atoms with van der Waals surface area (Å²) in [4.78, 5) is 26.3. The Balaban J connectivity index is 1.84. The number of esters is 1. The Morgan fingerprint density at radius 3 is 2.42 bits per heavy atom. The lowest BCUT2D eigenvalue weighted by Gasteiger charge is -2.12.